The SMILES string of the molecule is C=C(C)[C@@H]1CC[C@]2(CO[Si](c3ccccc3)(c3ccccc3)C(C)(C)C)CC[C@]3(C)C(CC[C@@H]4[C@@]5(C)CC=C(OS(=O)(=O)C(F)(F)F)C(C)(C)[C@@H]5CC[C@]43C)[C@@H]12. The Hall–Kier alpha value is -2.36. The fourth-order valence-electron chi connectivity index (χ4n) is 14.4. The van der Waals surface area contributed by atoms with Gasteiger partial charge in [0.25, 0.3) is 8.32 Å². The van der Waals surface area contributed by atoms with Gasteiger partial charge in [-0.15, -0.1) is 0 Å². The van der Waals surface area contributed by atoms with Gasteiger partial charge in [0.1, 0.15) is 5.76 Å². The van der Waals surface area contributed by atoms with Crippen molar-refractivity contribution in [1.82, 2.24) is 0 Å². The molecule has 2 aromatic carbocycles. The fourth-order valence-corrected chi connectivity index (χ4v) is 19.7. The van der Waals surface area contributed by atoms with E-state index in [-0.39, 0.29) is 38.4 Å². The monoisotopic (exact) mass is 810 g/mol. The first-order chi connectivity index (χ1) is 25.9. The molecule has 0 radical (unpaired) electrons. The minimum absolute atomic E-state index is 0.00570. The van der Waals surface area contributed by atoms with Crippen molar-refractivity contribution >= 4 is 28.8 Å². The van der Waals surface area contributed by atoms with Crippen LogP contribution in [-0.4, -0.2) is 28.9 Å². The van der Waals surface area contributed by atoms with Crippen LogP contribution in [0.3, 0.4) is 0 Å². The van der Waals surface area contributed by atoms with E-state index in [0.29, 0.717) is 30.1 Å². The van der Waals surface area contributed by atoms with Gasteiger partial charge >= 0.3 is 15.6 Å². The smallest absolute Gasteiger partial charge is 0.407 e. The third-order valence-corrected chi connectivity index (χ3v) is 23.2. The van der Waals surface area contributed by atoms with Gasteiger partial charge in [0, 0.05) is 12.0 Å². The van der Waals surface area contributed by atoms with Crippen molar-refractivity contribution < 1.29 is 30.2 Å². The van der Waals surface area contributed by atoms with E-state index in [1.807, 2.05) is 13.8 Å². The number of hydrogen-bond acceptors (Lipinski definition) is 4. The summed E-state index contributed by atoms with van der Waals surface area (Å²) in [6.45, 7) is 25.9. The maximum Gasteiger partial charge on any atom is 0.534 e. The molecule has 0 N–H and O–H groups in total. The van der Waals surface area contributed by atoms with Crippen molar-refractivity contribution in [1.29, 1.82) is 0 Å². The Labute approximate surface area is 336 Å². The topological polar surface area (TPSA) is 52.6 Å². The van der Waals surface area contributed by atoms with E-state index in [1.165, 1.54) is 15.9 Å². The first kappa shape index (κ1) is 41.8. The Morgan fingerprint density at radius 2 is 1.39 bits per heavy atom. The molecule has 0 amide bonds. The lowest BCUT2D eigenvalue weighted by Crippen LogP contribution is -2.68. The zero-order valence-electron chi connectivity index (χ0n) is 35.2. The molecule has 0 bridgehead atoms. The van der Waals surface area contributed by atoms with Gasteiger partial charge in [-0.1, -0.05) is 128 Å². The predicted molar refractivity (Wildman–Crippen MR) is 222 cm³/mol. The highest BCUT2D eigenvalue weighted by atomic mass is 32.2. The summed E-state index contributed by atoms with van der Waals surface area (Å²) < 4.78 is 77.6. The molecular weight excluding hydrogens is 746 g/mol. The summed E-state index contributed by atoms with van der Waals surface area (Å²) in [5.41, 5.74) is -5.14. The number of fused-ring (bicyclic) bond motifs is 7. The van der Waals surface area contributed by atoms with Crippen molar-refractivity contribution in [2.75, 3.05) is 6.61 Å². The average Bonchev–Trinajstić information content (AvgIpc) is 3.50. The fraction of sp³-hybridized carbons (Fsp3) is 0.660. The summed E-state index contributed by atoms with van der Waals surface area (Å²) >= 11 is 0. The van der Waals surface area contributed by atoms with E-state index >= 15 is 0 Å². The van der Waals surface area contributed by atoms with Crippen LogP contribution < -0.4 is 10.4 Å². The van der Waals surface area contributed by atoms with Gasteiger partial charge in [0.05, 0.1) is 0 Å². The van der Waals surface area contributed by atoms with Gasteiger partial charge in [-0.05, 0) is 137 Å². The Morgan fingerprint density at radius 3 is 1.93 bits per heavy atom. The molecule has 1 unspecified atom stereocenters. The molecule has 4 fully saturated rings. The lowest BCUT2D eigenvalue weighted by molar-refractivity contribution is -0.231. The molecule has 0 spiro atoms. The standard InChI is InChI=1S/C47H65F3O4SSi/c1-32(2)35-23-28-46(31-53-56(41(3,4)5,33-17-13-11-14-18-33)34-19-15-12-16-20-34)30-29-44(9)36(40(35)46)21-22-38-43(8)26-25-39(54-55(51,52)47(48,49)50)42(6,7)37(43)24-27-45(38,44)10/h11-20,25,35-38,40H,1,21-24,26-31H2,2-10H3/t35-,36?,37-,38+,40+,43-,44+,45+,46+/m0/s1. The predicted octanol–water partition coefficient (Wildman–Crippen LogP) is 11.6. The van der Waals surface area contributed by atoms with Crippen LogP contribution in [0, 0.1) is 56.7 Å². The van der Waals surface area contributed by atoms with Crippen molar-refractivity contribution in [2.45, 2.75) is 131 Å². The molecule has 7 rings (SSSR count). The Balaban J connectivity index is 1.24. The summed E-state index contributed by atoms with van der Waals surface area (Å²) in [4.78, 5) is 0. The van der Waals surface area contributed by atoms with Gasteiger partial charge in [0.2, 0.25) is 0 Å². The number of allylic oxidation sites excluding steroid dienone is 3. The molecule has 56 heavy (non-hydrogen) atoms. The van der Waals surface area contributed by atoms with E-state index in [4.69, 9.17) is 8.61 Å². The van der Waals surface area contributed by atoms with Gasteiger partial charge in [-0.3, -0.25) is 0 Å². The number of hydrogen-bond donors (Lipinski definition) is 0. The molecule has 0 heterocycles. The molecule has 9 atom stereocenters. The van der Waals surface area contributed by atoms with Crippen LogP contribution in [0.5, 0.6) is 0 Å². The van der Waals surface area contributed by atoms with Gasteiger partial charge in [-0.2, -0.15) is 21.6 Å². The maximum atomic E-state index is 13.5. The molecule has 5 aliphatic carbocycles. The van der Waals surface area contributed by atoms with Crippen LogP contribution in [0.25, 0.3) is 0 Å². The Kier molecular flexibility index (Phi) is 10.1. The van der Waals surface area contributed by atoms with Crippen LogP contribution >= 0.6 is 0 Å². The molecule has 2 aromatic rings. The first-order valence-electron chi connectivity index (χ1n) is 21.0. The van der Waals surface area contributed by atoms with Crippen LogP contribution in [0.2, 0.25) is 5.04 Å². The van der Waals surface area contributed by atoms with Crippen molar-refractivity contribution in [2.24, 2.45) is 56.7 Å². The molecule has 308 valence electrons. The van der Waals surface area contributed by atoms with Crippen LogP contribution in [0.15, 0.2) is 84.7 Å². The summed E-state index contributed by atoms with van der Waals surface area (Å²) in [6.07, 6.45) is 10.6. The molecule has 9 heteroatoms. The summed E-state index contributed by atoms with van der Waals surface area (Å²) in [7, 11) is -8.52. The largest absolute Gasteiger partial charge is 0.534 e. The second-order valence-corrected chi connectivity index (χ2v) is 26.8. The first-order valence-corrected chi connectivity index (χ1v) is 24.3. The van der Waals surface area contributed by atoms with Crippen molar-refractivity contribution in [3.8, 4) is 0 Å². The van der Waals surface area contributed by atoms with Crippen LogP contribution in [-0.2, 0) is 18.7 Å². The summed E-state index contributed by atoms with van der Waals surface area (Å²) in [5, 5.41) is 2.52. The molecule has 4 saturated carbocycles. The second kappa shape index (κ2) is 13.6. The second-order valence-electron chi connectivity index (χ2n) is 21.0. The number of alkyl halides is 3. The highest BCUT2D eigenvalue weighted by Crippen LogP contribution is 2.77. The highest BCUT2D eigenvalue weighted by Gasteiger charge is 2.71. The van der Waals surface area contributed by atoms with Gasteiger partial charge < -0.3 is 8.61 Å². The molecule has 0 aromatic heterocycles. The zero-order valence-corrected chi connectivity index (χ0v) is 37.0. The minimum Gasteiger partial charge on any atom is -0.407 e. The lowest BCUT2D eigenvalue weighted by atomic mass is 9.32. The van der Waals surface area contributed by atoms with E-state index in [9.17, 15) is 21.6 Å². The number of benzene rings is 2. The van der Waals surface area contributed by atoms with Crippen LogP contribution in [0.1, 0.15) is 120 Å². The van der Waals surface area contributed by atoms with Gasteiger partial charge in [-0.25, -0.2) is 0 Å². The average molecular weight is 811 g/mol. The molecule has 5 aliphatic rings. The molecule has 4 nitrogen and oxygen atoms in total. The quantitative estimate of drug-likeness (QED) is 0.115. The normalized spacial score (nSPS) is 37.0. The maximum absolute atomic E-state index is 13.5. The van der Waals surface area contributed by atoms with Crippen molar-refractivity contribution in [3.63, 3.8) is 0 Å². The van der Waals surface area contributed by atoms with E-state index in [1.54, 1.807) is 6.08 Å². The third kappa shape index (κ3) is 5.99. The highest BCUT2D eigenvalue weighted by molar-refractivity contribution is 7.87. The molecule has 0 saturated heterocycles. The molecular formula is C47H65F3O4SSi. The van der Waals surface area contributed by atoms with E-state index in [0.717, 1.165) is 58.0 Å². The number of rotatable bonds is 8. The third-order valence-electron chi connectivity index (χ3n) is 17.2. The number of halogens is 3. The van der Waals surface area contributed by atoms with E-state index in [2.05, 4.69) is 116 Å². The summed E-state index contributed by atoms with van der Waals surface area (Å²) in [5.74, 6) is 1.66. The van der Waals surface area contributed by atoms with E-state index < -0.39 is 29.4 Å². The minimum atomic E-state index is -5.75. The molecule has 0 aliphatic heterocycles. The lowest BCUT2D eigenvalue weighted by Gasteiger charge is -2.72. The Bertz CT molecular complexity index is 1920. The van der Waals surface area contributed by atoms with Crippen molar-refractivity contribution in [3.05, 3.63) is 84.7 Å². The van der Waals surface area contributed by atoms with Crippen LogP contribution in [0.4, 0.5) is 13.2 Å². The summed E-state index contributed by atoms with van der Waals surface area (Å²) in [6, 6.07) is 22.0. The van der Waals surface area contributed by atoms with Gasteiger partial charge in [0.15, 0.2) is 0 Å². The Morgan fingerprint density at radius 1 is 0.804 bits per heavy atom. The zero-order chi connectivity index (χ0) is 41.0.